The van der Waals surface area contributed by atoms with Gasteiger partial charge in [0.1, 0.15) is 5.72 Å². The zero-order chi connectivity index (χ0) is 15.4. The van der Waals surface area contributed by atoms with E-state index in [1.165, 1.54) is 19.3 Å². The topological polar surface area (TPSA) is 66.6 Å². The average molecular weight is 310 g/mol. The Morgan fingerprint density at radius 2 is 2.17 bits per heavy atom. The molecule has 1 aromatic carbocycles. The number of nitrogens with zero attached hydrogens (tertiary/aromatic N) is 2. The van der Waals surface area contributed by atoms with Crippen LogP contribution in [0.4, 0.5) is 5.69 Å². The van der Waals surface area contributed by atoms with Gasteiger partial charge in [-0.15, -0.1) is 0 Å². The molecule has 0 radical (unpaired) electrons. The van der Waals surface area contributed by atoms with Gasteiger partial charge in [0, 0.05) is 36.1 Å². The monoisotopic (exact) mass is 310 g/mol. The second kappa shape index (κ2) is 2.95. The summed E-state index contributed by atoms with van der Waals surface area (Å²) in [5.74, 6) is 2.67. The minimum Gasteiger partial charge on any atom is -0.375 e. The Kier molecular flexibility index (Phi) is 1.54. The lowest BCUT2D eigenvalue weighted by Gasteiger charge is -2.60. The Morgan fingerprint density at radius 3 is 3.00 bits per heavy atom. The molecule has 23 heavy (non-hydrogen) atoms. The molecule has 2 heterocycles. The first-order valence-corrected chi connectivity index (χ1v) is 8.75. The lowest BCUT2D eigenvalue weighted by molar-refractivity contribution is -0.384. The Hall–Kier alpha value is -1.46. The molecule has 5 nitrogen and oxygen atoms in total. The molecule has 6 bridgehead atoms. The Morgan fingerprint density at radius 1 is 1.30 bits per heavy atom. The molecule has 7 fully saturated rings. The van der Waals surface area contributed by atoms with Crippen molar-refractivity contribution in [3.05, 3.63) is 39.9 Å². The fraction of sp³-hybridized carbons (Fsp3) is 0.667. The summed E-state index contributed by atoms with van der Waals surface area (Å²) >= 11 is 0. The lowest BCUT2D eigenvalue weighted by Crippen LogP contribution is -2.64. The predicted octanol–water partition coefficient (Wildman–Crippen LogP) is 2.14. The van der Waals surface area contributed by atoms with Gasteiger partial charge in [-0.2, -0.15) is 0 Å². The third kappa shape index (κ3) is 0.843. The van der Waals surface area contributed by atoms with E-state index in [-0.39, 0.29) is 16.0 Å². The molecule has 5 heteroatoms. The average Bonchev–Trinajstić information content (AvgIpc) is 3.19. The van der Waals surface area contributed by atoms with Crippen molar-refractivity contribution in [2.45, 2.75) is 37.6 Å². The summed E-state index contributed by atoms with van der Waals surface area (Å²) in [4.78, 5) is 13.1. The third-order valence-electron chi connectivity index (χ3n) is 9.01. The van der Waals surface area contributed by atoms with Gasteiger partial charge < -0.3 is 5.11 Å². The molecule has 2 aliphatic heterocycles. The van der Waals surface area contributed by atoms with E-state index in [0.717, 1.165) is 11.5 Å². The minimum absolute atomic E-state index is 0.152. The van der Waals surface area contributed by atoms with Crippen LogP contribution in [0.15, 0.2) is 24.3 Å². The Bertz CT molecular complexity index is 824. The highest BCUT2D eigenvalue weighted by molar-refractivity contribution is 5.48. The maximum atomic E-state index is 11.7. The van der Waals surface area contributed by atoms with Gasteiger partial charge in [-0.3, -0.25) is 15.0 Å². The summed E-state index contributed by atoms with van der Waals surface area (Å²) in [6.07, 6.45) is 3.85. The zero-order valence-electron chi connectivity index (χ0n) is 12.7. The molecule has 2 saturated heterocycles. The number of benzene rings is 1. The van der Waals surface area contributed by atoms with Crippen LogP contribution >= 0.6 is 0 Å². The van der Waals surface area contributed by atoms with Gasteiger partial charge in [0.25, 0.3) is 5.69 Å². The summed E-state index contributed by atoms with van der Waals surface area (Å²) in [5, 5.41) is 22.7. The molecule has 7 aliphatic rings. The molecule has 5 aliphatic carbocycles. The van der Waals surface area contributed by atoms with Crippen molar-refractivity contribution in [1.29, 1.82) is 0 Å². The van der Waals surface area contributed by atoms with Crippen molar-refractivity contribution in [3.63, 3.8) is 0 Å². The molecule has 1 N–H and O–H groups in total. The molecule has 2 spiro atoms. The summed E-state index contributed by atoms with van der Waals surface area (Å²) in [5.41, 5.74) is 1.26. The second-order valence-electron chi connectivity index (χ2n) is 9.01. The van der Waals surface area contributed by atoms with E-state index in [2.05, 4.69) is 4.90 Å². The molecule has 8 atom stereocenters. The van der Waals surface area contributed by atoms with E-state index < -0.39 is 5.72 Å². The Balaban J connectivity index is 1.33. The van der Waals surface area contributed by atoms with Crippen LogP contribution in [0.1, 0.15) is 24.8 Å². The number of nitro benzene ring substituents is 1. The predicted molar refractivity (Wildman–Crippen MR) is 80.1 cm³/mol. The standard InChI is InChI=1S/C18H18N2O3/c21-18-13-11-6-17(18)8-16(11)5-12(17)15(14(13)16)19(18)7-9-2-1-3-10(4-9)20(22)23/h1-4,11-15,21H,5-8H2. The maximum Gasteiger partial charge on any atom is 0.269 e. The molecule has 0 aromatic heterocycles. The number of non-ortho nitro benzene ring substituents is 1. The molecule has 8 rings (SSSR count). The summed E-state index contributed by atoms with van der Waals surface area (Å²) in [6.45, 7) is 0.664. The summed E-state index contributed by atoms with van der Waals surface area (Å²) < 4.78 is 0. The van der Waals surface area contributed by atoms with Crippen molar-refractivity contribution in [2.75, 3.05) is 0 Å². The van der Waals surface area contributed by atoms with Crippen molar-refractivity contribution in [1.82, 2.24) is 4.90 Å². The highest BCUT2D eigenvalue weighted by Crippen LogP contribution is 2.99. The van der Waals surface area contributed by atoms with Gasteiger partial charge in [0.05, 0.1) is 4.92 Å². The van der Waals surface area contributed by atoms with E-state index in [1.54, 1.807) is 18.2 Å². The van der Waals surface area contributed by atoms with Crippen LogP contribution in [-0.4, -0.2) is 26.7 Å². The second-order valence-corrected chi connectivity index (χ2v) is 9.01. The van der Waals surface area contributed by atoms with Gasteiger partial charge in [0.15, 0.2) is 0 Å². The van der Waals surface area contributed by atoms with Crippen molar-refractivity contribution >= 4 is 5.69 Å². The highest BCUT2D eigenvalue weighted by atomic mass is 16.6. The van der Waals surface area contributed by atoms with Crippen molar-refractivity contribution in [3.8, 4) is 0 Å². The number of hydrogen-bond donors (Lipinski definition) is 1. The van der Waals surface area contributed by atoms with Gasteiger partial charge in [0.2, 0.25) is 0 Å². The molecule has 1 aromatic rings. The minimum atomic E-state index is -0.611. The van der Waals surface area contributed by atoms with E-state index in [1.807, 2.05) is 6.07 Å². The molecule has 0 amide bonds. The number of rotatable bonds is 3. The first kappa shape index (κ1) is 12.0. The normalized spacial score (nSPS) is 58.6. The van der Waals surface area contributed by atoms with E-state index >= 15 is 0 Å². The van der Waals surface area contributed by atoms with Crippen LogP contribution in [0, 0.1) is 44.6 Å². The smallest absolute Gasteiger partial charge is 0.269 e. The number of nitro groups is 1. The summed E-state index contributed by atoms with van der Waals surface area (Å²) in [7, 11) is 0. The molecular weight excluding hydrogens is 292 g/mol. The lowest BCUT2D eigenvalue weighted by atomic mass is 9.44. The molecule has 5 saturated carbocycles. The van der Waals surface area contributed by atoms with Gasteiger partial charge in [-0.1, -0.05) is 12.1 Å². The van der Waals surface area contributed by atoms with Gasteiger partial charge >= 0.3 is 0 Å². The molecule has 8 unspecified atom stereocenters. The highest BCUT2D eigenvalue weighted by Gasteiger charge is 3.00. The van der Waals surface area contributed by atoms with Gasteiger partial charge in [-0.25, -0.2) is 0 Å². The number of hydrogen-bond acceptors (Lipinski definition) is 4. The zero-order valence-corrected chi connectivity index (χ0v) is 12.7. The van der Waals surface area contributed by atoms with Crippen LogP contribution in [0.2, 0.25) is 0 Å². The van der Waals surface area contributed by atoms with Crippen LogP contribution < -0.4 is 0 Å². The van der Waals surface area contributed by atoms with Crippen LogP contribution in [0.5, 0.6) is 0 Å². The van der Waals surface area contributed by atoms with E-state index in [4.69, 9.17) is 0 Å². The largest absolute Gasteiger partial charge is 0.375 e. The van der Waals surface area contributed by atoms with Crippen LogP contribution in [0.3, 0.4) is 0 Å². The summed E-state index contributed by atoms with van der Waals surface area (Å²) in [6, 6.07) is 7.49. The maximum absolute atomic E-state index is 11.7. The molecule has 118 valence electrons. The molecular formula is C18H18N2O3. The van der Waals surface area contributed by atoms with Crippen LogP contribution in [0.25, 0.3) is 0 Å². The Labute approximate surface area is 133 Å². The first-order valence-electron chi connectivity index (χ1n) is 8.75. The van der Waals surface area contributed by atoms with E-state index in [0.29, 0.717) is 35.8 Å². The third-order valence-corrected chi connectivity index (χ3v) is 9.01. The van der Waals surface area contributed by atoms with Crippen molar-refractivity contribution in [2.24, 2.45) is 34.5 Å². The fourth-order valence-corrected chi connectivity index (χ4v) is 8.95. The van der Waals surface area contributed by atoms with E-state index in [9.17, 15) is 15.2 Å². The van der Waals surface area contributed by atoms with Gasteiger partial charge in [-0.05, 0) is 48.0 Å². The SMILES string of the molecule is O=[N+]([O-])c1cccc(CN2C3C4C5C6CC7(CC64CC37)C52O)c1. The van der Waals surface area contributed by atoms with Crippen LogP contribution in [-0.2, 0) is 6.54 Å². The first-order chi connectivity index (χ1) is 11.0. The fourth-order valence-electron chi connectivity index (χ4n) is 8.95. The number of aliphatic hydroxyl groups is 1. The quantitative estimate of drug-likeness (QED) is 0.686. The van der Waals surface area contributed by atoms with Crippen molar-refractivity contribution < 1.29 is 10.0 Å².